The molecule has 100 valence electrons. The maximum Gasteiger partial charge on any atom is 0.0400 e. The maximum atomic E-state index is 6.13. The fourth-order valence-corrected chi connectivity index (χ4v) is 3.32. The molecule has 0 spiro atoms. The Hall–Kier alpha value is -0.670. The topological polar surface area (TPSA) is 29.3 Å². The molecule has 0 amide bonds. The van der Waals surface area contributed by atoms with Crippen molar-refractivity contribution < 1.29 is 0 Å². The van der Waals surface area contributed by atoms with E-state index in [1.165, 1.54) is 41.4 Å². The van der Waals surface area contributed by atoms with E-state index < -0.39 is 0 Å². The van der Waals surface area contributed by atoms with Gasteiger partial charge in [-0.1, -0.05) is 24.6 Å². The molecule has 1 fully saturated rings. The Labute approximate surface area is 115 Å². The van der Waals surface area contributed by atoms with Crippen molar-refractivity contribution in [2.45, 2.75) is 32.7 Å². The predicted molar refractivity (Wildman–Crippen MR) is 82.7 cm³/mol. The summed E-state index contributed by atoms with van der Waals surface area (Å²) in [6.07, 6.45) is 2.04. The zero-order valence-electron chi connectivity index (χ0n) is 11.5. The smallest absolute Gasteiger partial charge is 0.0400 e. The number of anilines is 1. The number of benzene rings is 1. The van der Waals surface area contributed by atoms with Gasteiger partial charge in [0.25, 0.3) is 0 Å². The summed E-state index contributed by atoms with van der Waals surface area (Å²) >= 11 is 2.05. The average molecular weight is 264 g/mol. The molecule has 18 heavy (non-hydrogen) atoms. The van der Waals surface area contributed by atoms with Crippen LogP contribution in [0.15, 0.2) is 18.2 Å². The number of nitrogens with two attached hydrogens (primary N) is 1. The van der Waals surface area contributed by atoms with Crippen molar-refractivity contribution in [2.24, 2.45) is 5.73 Å². The molecule has 2 nitrogen and oxygen atoms in total. The minimum Gasteiger partial charge on any atom is -0.370 e. The van der Waals surface area contributed by atoms with E-state index in [1.54, 1.807) is 0 Å². The van der Waals surface area contributed by atoms with Crippen molar-refractivity contribution in [1.29, 1.82) is 0 Å². The number of thioether (sulfide) groups is 1. The monoisotopic (exact) mass is 264 g/mol. The Balaban J connectivity index is 2.21. The van der Waals surface area contributed by atoms with Crippen molar-refractivity contribution in [2.75, 3.05) is 29.5 Å². The van der Waals surface area contributed by atoms with Gasteiger partial charge in [-0.2, -0.15) is 11.8 Å². The first-order valence-electron chi connectivity index (χ1n) is 6.88. The summed E-state index contributed by atoms with van der Waals surface area (Å²) in [6.45, 7) is 6.67. The molecular weight excluding hydrogens is 240 g/mol. The van der Waals surface area contributed by atoms with Crippen molar-refractivity contribution in [3.63, 3.8) is 0 Å². The number of aryl methyl sites for hydroxylation is 1. The second kappa shape index (κ2) is 6.48. The number of hydrogen-bond acceptors (Lipinski definition) is 3. The maximum absolute atomic E-state index is 6.13. The van der Waals surface area contributed by atoms with Gasteiger partial charge in [0.1, 0.15) is 0 Å². The molecule has 1 saturated heterocycles. The first kappa shape index (κ1) is 13.8. The molecule has 1 unspecified atom stereocenters. The SMILES string of the molecule is CCC(N)Cc1cc(C)ccc1N1CCSCC1. The zero-order chi connectivity index (χ0) is 13.0. The van der Waals surface area contributed by atoms with Crippen LogP contribution in [0.25, 0.3) is 0 Å². The van der Waals surface area contributed by atoms with Crippen molar-refractivity contribution in [3.8, 4) is 0 Å². The molecule has 1 atom stereocenters. The third-order valence-electron chi connectivity index (χ3n) is 3.59. The molecule has 0 aliphatic carbocycles. The van der Waals surface area contributed by atoms with E-state index >= 15 is 0 Å². The van der Waals surface area contributed by atoms with E-state index in [0.717, 1.165) is 12.8 Å². The van der Waals surface area contributed by atoms with Gasteiger partial charge in [0.2, 0.25) is 0 Å². The van der Waals surface area contributed by atoms with Crippen LogP contribution in [0.4, 0.5) is 5.69 Å². The van der Waals surface area contributed by atoms with E-state index in [9.17, 15) is 0 Å². The molecule has 1 aliphatic rings. The van der Waals surface area contributed by atoms with E-state index in [-0.39, 0.29) is 6.04 Å². The van der Waals surface area contributed by atoms with Crippen molar-refractivity contribution >= 4 is 17.4 Å². The summed E-state index contributed by atoms with van der Waals surface area (Å²) in [7, 11) is 0. The molecule has 2 N–H and O–H groups in total. The summed E-state index contributed by atoms with van der Waals surface area (Å²) in [4.78, 5) is 2.52. The molecule has 1 aliphatic heterocycles. The Morgan fingerprint density at radius 1 is 1.33 bits per heavy atom. The number of rotatable bonds is 4. The fourth-order valence-electron chi connectivity index (χ4n) is 2.42. The van der Waals surface area contributed by atoms with Crippen LogP contribution in [0.1, 0.15) is 24.5 Å². The van der Waals surface area contributed by atoms with Crippen LogP contribution in [-0.2, 0) is 6.42 Å². The highest BCUT2D eigenvalue weighted by Gasteiger charge is 2.15. The van der Waals surface area contributed by atoms with Gasteiger partial charge in [-0.05, 0) is 31.4 Å². The summed E-state index contributed by atoms with van der Waals surface area (Å²) in [5, 5.41) is 0. The van der Waals surface area contributed by atoms with Gasteiger partial charge in [0.05, 0.1) is 0 Å². The summed E-state index contributed by atoms with van der Waals surface area (Å²) in [5.41, 5.74) is 10.3. The predicted octanol–water partition coefficient (Wildman–Crippen LogP) is 2.83. The molecule has 0 aromatic heterocycles. The third kappa shape index (κ3) is 3.42. The number of nitrogens with zero attached hydrogens (tertiary/aromatic N) is 1. The fraction of sp³-hybridized carbons (Fsp3) is 0.600. The van der Waals surface area contributed by atoms with Crippen LogP contribution in [-0.4, -0.2) is 30.6 Å². The Morgan fingerprint density at radius 2 is 2.06 bits per heavy atom. The summed E-state index contributed by atoms with van der Waals surface area (Å²) in [5.74, 6) is 2.49. The van der Waals surface area contributed by atoms with Crippen LogP contribution in [0.5, 0.6) is 0 Å². The van der Waals surface area contributed by atoms with E-state index in [4.69, 9.17) is 5.73 Å². The lowest BCUT2D eigenvalue weighted by atomic mass is 10.00. The highest BCUT2D eigenvalue weighted by molar-refractivity contribution is 7.99. The second-order valence-corrected chi connectivity index (χ2v) is 6.33. The molecule has 0 bridgehead atoms. The highest BCUT2D eigenvalue weighted by Crippen LogP contribution is 2.26. The van der Waals surface area contributed by atoms with Gasteiger partial charge >= 0.3 is 0 Å². The van der Waals surface area contributed by atoms with Gasteiger partial charge in [0.15, 0.2) is 0 Å². The van der Waals surface area contributed by atoms with Gasteiger partial charge < -0.3 is 10.6 Å². The molecule has 1 aromatic rings. The van der Waals surface area contributed by atoms with Gasteiger partial charge in [-0.15, -0.1) is 0 Å². The first-order valence-corrected chi connectivity index (χ1v) is 8.04. The van der Waals surface area contributed by atoms with Gasteiger partial charge in [-0.25, -0.2) is 0 Å². The minimum atomic E-state index is 0.282. The van der Waals surface area contributed by atoms with Gasteiger partial charge in [0, 0.05) is 36.3 Å². The van der Waals surface area contributed by atoms with E-state index in [1.807, 2.05) is 0 Å². The largest absolute Gasteiger partial charge is 0.370 e. The van der Waals surface area contributed by atoms with Crippen molar-refractivity contribution in [3.05, 3.63) is 29.3 Å². The second-order valence-electron chi connectivity index (χ2n) is 5.10. The minimum absolute atomic E-state index is 0.282. The average Bonchev–Trinajstić information content (AvgIpc) is 2.40. The molecule has 0 saturated carbocycles. The summed E-state index contributed by atoms with van der Waals surface area (Å²) in [6, 6.07) is 7.10. The lowest BCUT2D eigenvalue weighted by Crippen LogP contribution is -2.34. The Kier molecular flexibility index (Phi) is 4.95. The van der Waals surface area contributed by atoms with E-state index in [0.29, 0.717) is 0 Å². The van der Waals surface area contributed by atoms with Gasteiger partial charge in [-0.3, -0.25) is 0 Å². The van der Waals surface area contributed by atoms with Crippen LogP contribution in [0.2, 0.25) is 0 Å². The summed E-state index contributed by atoms with van der Waals surface area (Å²) < 4.78 is 0. The quantitative estimate of drug-likeness (QED) is 0.907. The van der Waals surface area contributed by atoms with E-state index in [2.05, 4.69) is 48.7 Å². The lowest BCUT2D eigenvalue weighted by molar-refractivity contribution is 0.644. The Bertz CT molecular complexity index is 386. The molecule has 2 rings (SSSR count). The molecule has 0 radical (unpaired) electrons. The normalized spacial score (nSPS) is 17.8. The van der Waals surface area contributed by atoms with Crippen LogP contribution < -0.4 is 10.6 Å². The standard InChI is InChI=1S/C15H24N2S/c1-3-14(16)11-13-10-12(2)4-5-15(13)17-6-8-18-9-7-17/h4-5,10,14H,3,6-9,11,16H2,1-2H3. The molecular formula is C15H24N2S. The molecule has 1 aromatic carbocycles. The van der Waals surface area contributed by atoms with Crippen molar-refractivity contribution in [1.82, 2.24) is 0 Å². The zero-order valence-corrected chi connectivity index (χ0v) is 12.3. The first-order chi connectivity index (χ1) is 8.70. The number of hydrogen-bond donors (Lipinski definition) is 1. The third-order valence-corrected chi connectivity index (χ3v) is 4.54. The van der Waals surface area contributed by atoms with Crippen LogP contribution >= 0.6 is 11.8 Å². The van der Waals surface area contributed by atoms with Crippen LogP contribution in [0.3, 0.4) is 0 Å². The Morgan fingerprint density at radius 3 is 2.72 bits per heavy atom. The lowest BCUT2D eigenvalue weighted by Gasteiger charge is -2.31. The molecule has 1 heterocycles. The molecule has 3 heteroatoms. The highest BCUT2D eigenvalue weighted by atomic mass is 32.2. The van der Waals surface area contributed by atoms with Crippen LogP contribution in [0, 0.1) is 6.92 Å².